The van der Waals surface area contributed by atoms with E-state index in [4.69, 9.17) is 11.6 Å². The Hall–Kier alpha value is -1.10. The van der Waals surface area contributed by atoms with E-state index < -0.39 is 5.60 Å². The highest BCUT2D eigenvalue weighted by Crippen LogP contribution is 2.38. The molecule has 0 spiro atoms. The van der Waals surface area contributed by atoms with Gasteiger partial charge < -0.3 is 15.7 Å². The lowest BCUT2D eigenvalue weighted by Gasteiger charge is -2.39. The van der Waals surface area contributed by atoms with Gasteiger partial charge in [-0.25, -0.2) is 0 Å². The zero-order valence-corrected chi connectivity index (χ0v) is 14.8. The number of rotatable bonds is 7. The van der Waals surface area contributed by atoms with Gasteiger partial charge in [0.2, 0.25) is 5.91 Å². The number of hydrogen-bond donors (Lipinski definition) is 3. The Morgan fingerprint density at radius 1 is 1.38 bits per heavy atom. The second-order valence-corrected chi connectivity index (χ2v) is 7.58. The van der Waals surface area contributed by atoms with Crippen molar-refractivity contribution < 1.29 is 9.90 Å². The molecule has 1 saturated carbocycles. The van der Waals surface area contributed by atoms with Crippen molar-refractivity contribution in [2.45, 2.75) is 44.1 Å². The third-order valence-electron chi connectivity index (χ3n) is 5.28. The summed E-state index contributed by atoms with van der Waals surface area (Å²) < 4.78 is 0. The molecule has 2 aliphatic rings. The van der Waals surface area contributed by atoms with E-state index in [1.165, 1.54) is 0 Å². The molecular weight excluding hydrogens is 324 g/mol. The highest BCUT2D eigenvalue weighted by atomic mass is 35.5. The summed E-state index contributed by atoms with van der Waals surface area (Å²) in [7, 11) is 0. The molecule has 132 valence electrons. The average molecular weight is 351 g/mol. The molecule has 0 aromatic heterocycles. The molecule has 4 nitrogen and oxygen atoms in total. The van der Waals surface area contributed by atoms with Crippen molar-refractivity contribution in [2.75, 3.05) is 19.6 Å². The van der Waals surface area contributed by atoms with Gasteiger partial charge in [-0.05, 0) is 62.8 Å². The third kappa shape index (κ3) is 4.29. The molecule has 1 saturated heterocycles. The SMILES string of the molecule is O=C(NCCCC(O)(c1cccc(Cl)c1)C1CCCNC1)C1CC1. The van der Waals surface area contributed by atoms with Crippen LogP contribution < -0.4 is 10.6 Å². The normalized spacial score (nSPS) is 23.5. The predicted octanol–water partition coefficient (Wildman–Crippen LogP) is 2.83. The van der Waals surface area contributed by atoms with Crippen molar-refractivity contribution in [3.05, 3.63) is 34.9 Å². The summed E-state index contributed by atoms with van der Waals surface area (Å²) >= 11 is 6.15. The lowest BCUT2D eigenvalue weighted by atomic mass is 9.74. The largest absolute Gasteiger partial charge is 0.385 e. The van der Waals surface area contributed by atoms with Crippen molar-refractivity contribution in [3.8, 4) is 0 Å². The van der Waals surface area contributed by atoms with E-state index in [0.29, 0.717) is 18.0 Å². The summed E-state index contributed by atoms with van der Waals surface area (Å²) in [5, 5.41) is 18.5. The molecule has 1 heterocycles. The maximum absolute atomic E-state index is 11.7. The van der Waals surface area contributed by atoms with Gasteiger partial charge in [0.25, 0.3) is 0 Å². The molecule has 1 aromatic carbocycles. The van der Waals surface area contributed by atoms with Crippen molar-refractivity contribution in [2.24, 2.45) is 11.8 Å². The van der Waals surface area contributed by atoms with Crippen molar-refractivity contribution in [3.63, 3.8) is 0 Å². The van der Waals surface area contributed by atoms with Crippen LogP contribution in [0.25, 0.3) is 0 Å². The minimum absolute atomic E-state index is 0.167. The predicted molar refractivity (Wildman–Crippen MR) is 95.9 cm³/mol. The number of hydrogen-bond acceptors (Lipinski definition) is 3. The van der Waals surface area contributed by atoms with Gasteiger partial charge in [0.1, 0.15) is 0 Å². The van der Waals surface area contributed by atoms with Crippen LogP contribution in [0.15, 0.2) is 24.3 Å². The Morgan fingerprint density at radius 2 is 2.21 bits per heavy atom. The molecule has 1 aliphatic heterocycles. The Balaban J connectivity index is 1.65. The van der Waals surface area contributed by atoms with E-state index in [0.717, 1.165) is 50.8 Å². The second-order valence-electron chi connectivity index (χ2n) is 7.15. The van der Waals surface area contributed by atoms with Crippen molar-refractivity contribution in [1.82, 2.24) is 10.6 Å². The Labute approximate surface area is 149 Å². The maximum atomic E-state index is 11.7. The summed E-state index contributed by atoms with van der Waals surface area (Å²) in [6.07, 6.45) is 5.51. The fourth-order valence-electron chi connectivity index (χ4n) is 3.66. The quantitative estimate of drug-likeness (QED) is 0.663. The summed E-state index contributed by atoms with van der Waals surface area (Å²) in [5.41, 5.74) is -0.0139. The maximum Gasteiger partial charge on any atom is 0.223 e. The zero-order chi connectivity index (χ0) is 17.0. The summed E-state index contributed by atoms with van der Waals surface area (Å²) in [6.45, 7) is 2.45. The Morgan fingerprint density at radius 3 is 2.88 bits per heavy atom. The molecule has 5 heteroatoms. The molecular formula is C19H27ClN2O2. The van der Waals surface area contributed by atoms with Gasteiger partial charge in [0, 0.05) is 29.9 Å². The summed E-state index contributed by atoms with van der Waals surface area (Å²) in [5.74, 6) is 0.573. The molecule has 1 aromatic rings. The third-order valence-corrected chi connectivity index (χ3v) is 5.51. The molecule has 0 radical (unpaired) electrons. The van der Waals surface area contributed by atoms with Gasteiger partial charge in [0.15, 0.2) is 0 Å². The molecule has 2 fully saturated rings. The van der Waals surface area contributed by atoms with Crippen molar-refractivity contribution in [1.29, 1.82) is 0 Å². The van der Waals surface area contributed by atoms with Crippen LogP contribution in [0.3, 0.4) is 0 Å². The Kier molecular flexibility index (Phi) is 5.80. The van der Waals surface area contributed by atoms with E-state index in [-0.39, 0.29) is 17.7 Å². The van der Waals surface area contributed by atoms with Crippen LogP contribution in [0, 0.1) is 11.8 Å². The molecule has 2 unspecified atom stereocenters. The number of nitrogens with one attached hydrogen (secondary N) is 2. The molecule has 1 aliphatic carbocycles. The number of carbonyl (C=O) groups is 1. The van der Waals surface area contributed by atoms with Gasteiger partial charge in [-0.3, -0.25) is 4.79 Å². The molecule has 3 N–H and O–H groups in total. The van der Waals surface area contributed by atoms with E-state index in [1.54, 1.807) is 0 Å². The van der Waals surface area contributed by atoms with Gasteiger partial charge in [-0.1, -0.05) is 23.7 Å². The fraction of sp³-hybridized carbons (Fsp3) is 0.632. The molecule has 24 heavy (non-hydrogen) atoms. The number of benzene rings is 1. The number of carbonyl (C=O) groups excluding carboxylic acids is 1. The van der Waals surface area contributed by atoms with E-state index in [2.05, 4.69) is 10.6 Å². The first-order valence-electron chi connectivity index (χ1n) is 9.06. The summed E-state index contributed by atoms with van der Waals surface area (Å²) in [6, 6.07) is 7.57. The van der Waals surface area contributed by atoms with E-state index in [9.17, 15) is 9.90 Å². The molecule has 2 atom stereocenters. The van der Waals surface area contributed by atoms with Gasteiger partial charge >= 0.3 is 0 Å². The minimum Gasteiger partial charge on any atom is -0.385 e. The standard InChI is InChI=1S/C19H27ClN2O2/c20-17-6-1-4-15(12-17)19(24,16-5-2-10-21-13-16)9-3-11-22-18(23)14-7-8-14/h1,4,6,12,14,16,21,24H,2-3,5,7-11,13H2,(H,22,23). The first kappa shape index (κ1) is 17.7. The number of amides is 1. The van der Waals surface area contributed by atoms with Crippen LogP contribution in [0.1, 0.15) is 44.1 Å². The second kappa shape index (κ2) is 7.85. The highest BCUT2D eigenvalue weighted by molar-refractivity contribution is 6.30. The van der Waals surface area contributed by atoms with Crippen molar-refractivity contribution >= 4 is 17.5 Å². The first-order valence-corrected chi connectivity index (χ1v) is 9.44. The zero-order valence-electron chi connectivity index (χ0n) is 14.1. The first-order chi connectivity index (χ1) is 11.6. The topological polar surface area (TPSA) is 61.4 Å². The van der Waals surface area contributed by atoms with Gasteiger partial charge in [-0.15, -0.1) is 0 Å². The molecule has 3 rings (SSSR count). The van der Waals surface area contributed by atoms with Crippen LogP contribution in [-0.2, 0) is 10.4 Å². The lowest BCUT2D eigenvalue weighted by molar-refractivity contribution is -0.122. The van der Waals surface area contributed by atoms with Crippen LogP contribution in [-0.4, -0.2) is 30.6 Å². The van der Waals surface area contributed by atoms with Crippen LogP contribution in [0.2, 0.25) is 5.02 Å². The van der Waals surface area contributed by atoms with Crippen LogP contribution in [0.4, 0.5) is 0 Å². The van der Waals surface area contributed by atoms with E-state index >= 15 is 0 Å². The van der Waals surface area contributed by atoms with Crippen LogP contribution >= 0.6 is 11.6 Å². The number of aliphatic hydroxyl groups is 1. The Bertz CT molecular complexity index is 570. The smallest absolute Gasteiger partial charge is 0.223 e. The number of halogens is 1. The minimum atomic E-state index is -0.900. The van der Waals surface area contributed by atoms with Gasteiger partial charge in [0.05, 0.1) is 5.60 Å². The monoisotopic (exact) mass is 350 g/mol. The summed E-state index contributed by atoms with van der Waals surface area (Å²) in [4.78, 5) is 11.7. The average Bonchev–Trinajstić information content (AvgIpc) is 3.44. The fourth-order valence-corrected chi connectivity index (χ4v) is 3.85. The lowest BCUT2D eigenvalue weighted by Crippen LogP contribution is -2.44. The number of piperidine rings is 1. The molecule has 0 bridgehead atoms. The van der Waals surface area contributed by atoms with Crippen LogP contribution in [0.5, 0.6) is 0 Å². The van der Waals surface area contributed by atoms with E-state index in [1.807, 2.05) is 24.3 Å². The highest BCUT2D eigenvalue weighted by Gasteiger charge is 2.38. The molecule has 1 amide bonds. The van der Waals surface area contributed by atoms with Gasteiger partial charge in [-0.2, -0.15) is 0 Å².